The summed E-state index contributed by atoms with van der Waals surface area (Å²) in [5.41, 5.74) is 0.538. The number of nitrogens with one attached hydrogen (secondary N) is 1. The molecule has 0 bridgehead atoms. The van der Waals surface area contributed by atoms with E-state index < -0.39 is 0 Å². The SMILES string of the molecule is O=C(c1cn2c(n1)NCCC2)N1CCOCC1. The van der Waals surface area contributed by atoms with Crippen LogP contribution in [-0.2, 0) is 11.3 Å². The first-order chi connectivity index (χ1) is 8.34. The molecule has 1 fully saturated rings. The third kappa shape index (κ3) is 2.00. The van der Waals surface area contributed by atoms with E-state index in [1.54, 1.807) is 4.90 Å². The van der Waals surface area contributed by atoms with Gasteiger partial charge in [-0.3, -0.25) is 4.79 Å². The highest BCUT2D eigenvalue weighted by Gasteiger charge is 2.22. The zero-order valence-electron chi connectivity index (χ0n) is 9.69. The lowest BCUT2D eigenvalue weighted by atomic mass is 10.3. The average molecular weight is 236 g/mol. The molecule has 2 aliphatic rings. The van der Waals surface area contributed by atoms with E-state index in [1.807, 2.05) is 10.8 Å². The highest BCUT2D eigenvalue weighted by Crippen LogP contribution is 2.15. The van der Waals surface area contributed by atoms with E-state index in [1.165, 1.54) is 0 Å². The summed E-state index contributed by atoms with van der Waals surface area (Å²) < 4.78 is 7.25. The standard InChI is InChI=1S/C11H16N4O2/c16-10(14-4-6-17-7-5-14)9-8-15-3-1-2-12-11(15)13-9/h8H,1-7H2,(H,12,13). The van der Waals surface area contributed by atoms with Crippen molar-refractivity contribution >= 4 is 11.9 Å². The van der Waals surface area contributed by atoms with Crippen LogP contribution in [0.1, 0.15) is 16.9 Å². The number of nitrogens with zero attached hydrogens (tertiary/aromatic N) is 3. The number of amides is 1. The summed E-state index contributed by atoms with van der Waals surface area (Å²) in [7, 11) is 0. The molecule has 0 spiro atoms. The van der Waals surface area contributed by atoms with Gasteiger partial charge in [0.05, 0.1) is 13.2 Å². The van der Waals surface area contributed by atoms with Crippen LogP contribution in [0.25, 0.3) is 0 Å². The van der Waals surface area contributed by atoms with Crippen LogP contribution in [0, 0.1) is 0 Å². The van der Waals surface area contributed by atoms with E-state index in [2.05, 4.69) is 10.3 Å². The van der Waals surface area contributed by atoms with Gasteiger partial charge in [-0.05, 0) is 6.42 Å². The van der Waals surface area contributed by atoms with Gasteiger partial charge in [0.25, 0.3) is 5.91 Å². The lowest BCUT2D eigenvalue weighted by Gasteiger charge is -2.25. The largest absolute Gasteiger partial charge is 0.378 e. The van der Waals surface area contributed by atoms with Crippen LogP contribution in [0.15, 0.2) is 6.20 Å². The lowest BCUT2D eigenvalue weighted by Crippen LogP contribution is -2.40. The Morgan fingerprint density at radius 2 is 2.18 bits per heavy atom. The van der Waals surface area contributed by atoms with Crippen molar-refractivity contribution in [1.29, 1.82) is 0 Å². The Morgan fingerprint density at radius 1 is 1.35 bits per heavy atom. The zero-order valence-corrected chi connectivity index (χ0v) is 9.69. The predicted octanol–water partition coefficient (Wildman–Crippen LogP) is 0.171. The Kier molecular flexibility index (Phi) is 2.72. The van der Waals surface area contributed by atoms with Gasteiger partial charge >= 0.3 is 0 Å². The first kappa shape index (κ1) is 10.6. The molecule has 1 N–H and O–H groups in total. The van der Waals surface area contributed by atoms with Crippen molar-refractivity contribution in [3.63, 3.8) is 0 Å². The molecule has 0 radical (unpaired) electrons. The third-order valence-electron chi connectivity index (χ3n) is 3.15. The van der Waals surface area contributed by atoms with Gasteiger partial charge in [0.2, 0.25) is 5.95 Å². The molecule has 1 aromatic heterocycles. The Bertz CT molecular complexity index is 400. The number of aryl methyl sites for hydroxylation is 1. The first-order valence-electron chi connectivity index (χ1n) is 6.03. The first-order valence-corrected chi connectivity index (χ1v) is 6.03. The molecule has 1 amide bonds. The van der Waals surface area contributed by atoms with Crippen LogP contribution in [0.2, 0.25) is 0 Å². The van der Waals surface area contributed by atoms with E-state index in [-0.39, 0.29) is 5.91 Å². The van der Waals surface area contributed by atoms with Crippen molar-refractivity contribution in [2.75, 3.05) is 38.2 Å². The van der Waals surface area contributed by atoms with Crippen molar-refractivity contribution in [3.05, 3.63) is 11.9 Å². The Morgan fingerprint density at radius 3 is 2.94 bits per heavy atom. The molecule has 6 nitrogen and oxygen atoms in total. The highest BCUT2D eigenvalue weighted by atomic mass is 16.5. The smallest absolute Gasteiger partial charge is 0.274 e. The summed E-state index contributed by atoms with van der Waals surface area (Å²) in [5, 5.41) is 3.20. The molecule has 1 saturated heterocycles. The lowest BCUT2D eigenvalue weighted by molar-refractivity contribution is 0.0299. The predicted molar refractivity (Wildman–Crippen MR) is 62.1 cm³/mol. The van der Waals surface area contributed by atoms with Crippen LogP contribution in [0.5, 0.6) is 0 Å². The van der Waals surface area contributed by atoms with Crippen LogP contribution in [0.4, 0.5) is 5.95 Å². The second kappa shape index (κ2) is 4.37. The molecule has 92 valence electrons. The van der Waals surface area contributed by atoms with Gasteiger partial charge in [0.1, 0.15) is 5.69 Å². The number of carbonyl (C=O) groups excluding carboxylic acids is 1. The van der Waals surface area contributed by atoms with Gasteiger partial charge in [-0.25, -0.2) is 4.98 Å². The second-order valence-corrected chi connectivity index (χ2v) is 4.33. The minimum atomic E-state index is 0.0111. The van der Waals surface area contributed by atoms with Crippen molar-refractivity contribution in [1.82, 2.24) is 14.5 Å². The molecular formula is C11H16N4O2. The average Bonchev–Trinajstić information content (AvgIpc) is 2.82. The Balaban J connectivity index is 1.78. The van der Waals surface area contributed by atoms with E-state index >= 15 is 0 Å². The number of morpholine rings is 1. The number of hydrogen-bond donors (Lipinski definition) is 1. The molecule has 0 unspecified atom stereocenters. The topological polar surface area (TPSA) is 59.4 Å². The van der Waals surface area contributed by atoms with Crippen molar-refractivity contribution in [2.24, 2.45) is 0 Å². The third-order valence-corrected chi connectivity index (χ3v) is 3.15. The summed E-state index contributed by atoms with van der Waals surface area (Å²) in [6, 6.07) is 0. The summed E-state index contributed by atoms with van der Waals surface area (Å²) >= 11 is 0. The zero-order chi connectivity index (χ0) is 11.7. The van der Waals surface area contributed by atoms with E-state index in [9.17, 15) is 4.79 Å². The normalized spacial score (nSPS) is 19.6. The van der Waals surface area contributed by atoms with Crippen molar-refractivity contribution < 1.29 is 9.53 Å². The van der Waals surface area contributed by atoms with Crippen LogP contribution >= 0.6 is 0 Å². The fourth-order valence-corrected chi connectivity index (χ4v) is 2.21. The van der Waals surface area contributed by atoms with Crippen molar-refractivity contribution in [2.45, 2.75) is 13.0 Å². The van der Waals surface area contributed by atoms with Gasteiger partial charge in [-0.1, -0.05) is 0 Å². The number of fused-ring (bicyclic) bond motifs is 1. The second-order valence-electron chi connectivity index (χ2n) is 4.33. The molecule has 0 aromatic carbocycles. The summed E-state index contributed by atoms with van der Waals surface area (Å²) in [6.07, 6.45) is 2.92. The summed E-state index contributed by atoms with van der Waals surface area (Å²) in [4.78, 5) is 18.3. The van der Waals surface area contributed by atoms with E-state index in [0.29, 0.717) is 32.0 Å². The minimum Gasteiger partial charge on any atom is -0.378 e. The van der Waals surface area contributed by atoms with Gasteiger partial charge in [0, 0.05) is 32.4 Å². The number of anilines is 1. The number of ether oxygens (including phenoxy) is 1. The highest BCUT2D eigenvalue weighted by molar-refractivity contribution is 5.92. The molecule has 6 heteroatoms. The molecule has 3 rings (SSSR count). The van der Waals surface area contributed by atoms with E-state index in [0.717, 1.165) is 25.5 Å². The van der Waals surface area contributed by atoms with Gasteiger partial charge in [0.15, 0.2) is 0 Å². The fraction of sp³-hybridized carbons (Fsp3) is 0.636. The Hall–Kier alpha value is -1.56. The molecule has 0 atom stereocenters. The summed E-state index contributed by atoms with van der Waals surface area (Å²) in [5.74, 6) is 0.824. The molecule has 2 aliphatic heterocycles. The fourth-order valence-electron chi connectivity index (χ4n) is 2.21. The van der Waals surface area contributed by atoms with E-state index in [4.69, 9.17) is 4.74 Å². The molecule has 17 heavy (non-hydrogen) atoms. The minimum absolute atomic E-state index is 0.0111. The quantitative estimate of drug-likeness (QED) is 0.755. The summed E-state index contributed by atoms with van der Waals surface area (Å²) in [6.45, 7) is 4.44. The van der Waals surface area contributed by atoms with Gasteiger partial charge in [-0.15, -0.1) is 0 Å². The number of imidazole rings is 1. The van der Waals surface area contributed by atoms with Crippen molar-refractivity contribution in [3.8, 4) is 0 Å². The molecule has 0 saturated carbocycles. The van der Waals surface area contributed by atoms with Gasteiger partial charge < -0.3 is 19.5 Å². The molecule has 3 heterocycles. The van der Waals surface area contributed by atoms with Crippen LogP contribution in [-0.4, -0.2) is 53.2 Å². The maximum Gasteiger partial charge on any atom is 0.274 e. The van der Waals surface area contributed by atoms with Gasteiger partial charge in [-0.2, -0.15) is 0 Å². The Labute approximate surface area is 99.6 Å². The number of carbonyl (C=O) groups is 1. The number of hydrogen-bond acceptors (Lipinski definition) is 4. The van der Waals surface area contributed by atoms with Crippen LogP contribution in [0.3, 0.4) is 0 Å². The van der Waals surface area contributed by atoms with Crippen LogP contribution < -0.4 is 5.32 Å². The number of rotatable bonds is 1. The number of aromatic nitrogens is 2. The molecule has 1 aromatic rings. The molecular weight excluding hydrogens is 220 g/mol. The monoisotopic (exact) mass is 236 g/mol. The maximum absolute atomic E-state index is 12.2. The maximum atomic E-state index is 12.2. The molecule has 0 aliphatic carbocycles.